The molecule has 0 atom stereocenters. The molecule has 7 nitrogen and oxygen atoms in total. The number of alkyl carbamates (subject to hydrolysis) is 1. The average molecular weight is 346 g/mol. The van der Waals surface area contributed by atoms with Crippen molar-refractivity contribution in [3.63, 3.8) is 0 Å². The third kappa shape index (κ3) is 3.28. The first-order chi connectivity index (χ1) is 12.0. The minimum atomic E-state index is -0.476. The van der Waals surface area contributed by atoms with Crippen molar-refractivity contribution < 1.29 is 23.8 Å². The van der Waals surface area contributed by atoms with E-state index in [4.69, 9.17) is 14.2 Å². The quantitative estimate of drug-likeness (QED) is 0.903. The molecule has 1 aliphatic carbocycles. The van der Waals surface area contributed by atoms with Gasteiger partial charge in [-0.05, 0) is 12.5 Å². The van der Waals surface area contributed by atoms with E-state index in [0.717, 1.165) is 5.56 Å². The van der Waals surface area contributed by atoms with Gasteiger partial charge in [0.05, 0.1) is 25.8 Å². The second-order valence-corrected chi connectivity index (χ2v) is 7.48. The molecule has 1 N–H and O–H groups in total. The van der Waals surface area contributed by atoms with Gasteiger partial charge in [-0.25, -0.2) is 9.59 Å². The molecule has 4 rings (SSSR count). The van der Waals surface area contributed by atoms with Crippen LogP contribution in [0.2, 0.25) is 0 Å². The number of hydrogen-bond donors (Lipinski definition) is 1. The Morgan fingerprint density at radius 3 is 2.68 bits per heavy atom. The fourth-order valence-corrected chi connectivity index (χ4v) is 3.64. The standard InChI is InChI=1S/C18H22N2O5/c1-17(7-14(8-17)23-9-13-5-3-2-4-6-13)25-16(22)20-10-18(11-20)12-24-15(21)19-18/h2-6,14H,7-12H2,1H3,(H,19,21)/t14-,17+. The summed E-state index contributed by atoms with van der Waals surface area (Å²) in [5, 5.41) is 2.75. The van der Waals surface area contributed by atoms with E-state index in [2.05, 4.69) is 5.32 Å². The van der Waals surface area contributed by atoms with Gasteiger partial charge in [0.2, 0.25) is 0 Å². The molecule has 0 unspecified atom stereocenters. The number of likely N-dealkylation sites (tertiary alicyclic amines) is 1. The molecule has 1 saturated carbocycles. The fourth-order valence-electron chi connectivity index (χ4n) is 3.64. The van der Waals surface area contributed by atoms with Gasteiger partial charge >= 0.3 is 12.2 Å². The molecule has 1 spiro atoms. The first kappa shape index (κ1) is 16.2. The second-order valence-electron chi connectivity index (χ2n) is 7.48. The maximum atomic E-state index is 12.3. The lowest BCUT2D eigenvalue weighted by Crippen LogP contribution is -2.70. The van der Waals surface area contributed by atoms with Crippen molar-refractivity contribution in [1.29, 1.82) is 0 Å². The Kier molecular flexibility index (Phi) is 3.83. The SMILES string of the molecule is C[C@]1(OC(=O)N2CC3(COC(=O)N3)C2)C[C@@H](OCc2ccccc2)C1. The minimum absolute atomic E-state index is 0.114. The van der Waals surface area contributed by atoms with E-state index in [1.54, 1.807) is 4.90 Å². The fraction of sp³-hybridized carbons (Fsp3) is 0.556. The van der Waals surface area contributed by atoms with Crippen LogP contribution in [0.5, 0.6) is 0 Å². The van der Waals surface area contributed by atoms with Gasteiger partial charge in [-0.1, -0.05) is 30.3 Å². The Bertz CT molecular complexity index is 665. The van der Waals surface area contributed by atoms with Crippen LogP contribution < -0.4 is 5.32 Å². The van der Waals surface area contributed by atoms with Gasteiger partial charge in [0.25, 0.3) is 0 Å². The lowest BCUT2D eigenvalue weighted by atomic mass is 9.79. The molecule has 2 heterocycles. The Labute approximate surface area is 146 Å². The Balaban J connectivity index is 1.19. The van der Waals surface area contributed by atoms with Crippen molar-refractivity contribution in [2.75, 3.05) is 19.7 Å². The molecule has 0 aromatic heterocycles. The summed E-state index contributed by atoms with van der Waals surface area (Å²) in [4.78, 5) is 25.0. The third-order valence-electron chi connectivity index (χ3n) is 5.07. The largest absolute Gasteiger partial charge is 0.447 e. The van der Waals surface area contributed by atoms with E-state index in [-0.39, 0.29) is 12.2 Å². The molecule has 3 fully saturated rings. The lowest BCUT2D eigenvalue weighted by Gasteiger charge is -2.49. The molecule has 0 bridgehead atoms. The van der Waals surface area contributed by atoms with Crippen LogP contribution in [0.4, 0.5) is 9.59 Å². The summed E-state index contributed by atoms with van der Waals surface area (Å²) in [6.07, 6.45) is 0.755. The van der Waals surface area contributed by atoms with Crippen LogP contribution in [0.25, 0.3) is 0 Å². The molecule has 1 aromatic rings. The van der Waals surface area contributed by atoms with Crippen LogP contribution >= 0.6 is 0 Å². The van der Waals surface area contributed by atoms with Crippen LogP contribution in [-0.4, -0.2) is 54.0 Å². The lowest BCUT2D eigenvalue weighted by molar-refractivity contribution is -0.145. The maximum absolute atomic E-state index is 12.3. The third-order valence-corrected chi connectivity index (χ3v) is 5.07. The molecule has 3 aliphatic rings. The number of nitrogens with zero attached hydrogens (tertiary/aromatic N) is 1. The van der Waals surface area contributed by atoms with Gasteiger partial charge in [0, 0.05) is 12.8 Å². The predicted molar refractivity (Wildman–Crippen MR) is 87.9 cm³/mol. The van der Waals surface area contributed by atoms with Gasteiger partial charge in [-0.15, -0.1) is 0 Å². The highest BCUT2D eigenvalue weighted by atomic mass is 16.6. The Hall–Kier alpha value is -2.28. The van der Waals surface area contributed by atoms with Gasteiger partial charge in [-0.3, -0.25) is 0 Å². The molecule has 7 heteroatoms. The van der Waals surface area contributed by atoms with E-state index in [9.17, 15) is 9.59 Å². The monoisotopic (exact) mass is 346 g/mol. The van der Waals surface area contributed by atoms with Crippen molar-refractivity contribution in [3.05, 3.63) is 35.9 Å². The summed E-state index contributed by atoms with van der Waals surface area (Å²) in [7, 11) is 0. The zero-order chi connectivity index (χ0) is 17.5. The van der Waals surface area contributed by atoms with E-state index >= 15 is 0 Å². The van der Waals surface area contributed by atoms with Gasteiger partial charge in [0.1, 0.15) is 17.7 Å². The normalized spacial score (nSPS) is 29.4. The highest BCUT2D eigenvalue weighted by Crippen LogP contribution is 2.39. The van der Waals surface area contributed by atoms with Crippen molar-refractivity contribution in [3.8, 4) is 0 Å². The van der Waals surface area contributed by atoms with Crippen molar-refractivity contribution in [2.24, 2.45) is 0 Å². The number of benzene rings is 1. The molecule has 25 heavy (non-hydrogen) atoms. The van der Waals surface area contributed by atoms with Crippen LogP contribution in [0, 0.1) is 0 Å². The van der Waals surface area contributed by atoms with Crippen LogP contribution in [0.15, 0.2) is 30.3 Å². The zero-order valence-electron chi connectivity index (χ0n) is 14.2. The van der Waals surface area contributed by atoms with E-state index in [0.29, 0.717) is 39.1 Å². The highest BCUT2D eigenvalue weighted by molar-refractivity contribution is 5.74. The smallest absolute Gasteiger partial charge is 0.410 e. The van der Waals surface area contributed by atoms with E-state index in [1.165, 1.54) is 0 Å². The number of amides is 2. The molecule has 134 valence electrons. The molecule has 0 radical (unpaired) electrons. The van der Waals surface area contributed by atoms with E-state index in [1.807, 2.05) is 37.3 Å². The van der Waals surface area contributed by atoms with Gasteiger partial charge in [-0.2, -0.15) is 0 Å². The highest BCUT2D eigenvalue weighted by Gasteiger charge is 2.53. The van der Waals surface area contributed by atoms with Crippen LogP contribution in [0.1, 0.15) is 25.3 Å². The van der Waals surface area contributed by atoms with Gasteiger partial charge < -0.3 is 24.4 Å². The number of hydrogen-bond acceptors (Lipinski definition) is 5. The molecule has 2 saturated heterocycles. The number of carbonyl (C=O) groups excluding carboxylic acids is 2. The number of carbonyl (C=O) groups is 2. The summed E-state index contributed by atoms with van der Waals surface area (Å²) >= 11 is 0. The number of rotatable bonds is 4. The molecule has 2 amide bonds. The molecule has 1 aromatic carbocycles. The Morgan fingerprint density at radius 1 is 1.32 bits per heavy atom. The summed E-state index contributed by atoms with van der Waals surface area (Å²) in [5.74, 6) is 0. The predicted octanol–water partition coefficient (Wildman–Crippen LogP) is 2.06. The summed E-state index contributed by atoms with van der Waals surface area (Å²) < 4.78 is 16.4. The van der Waals surface area contributed by atoms with Crippen LogP contribution in [0.3, 0.4) is 0 Å². The Morgan fingerprint density at radius 2 is 2.04 bits per heavy atom. The van der Waals surface area contributed by atoms with Crippen molar-refractivity contribution >= 4 is 12.2 Å². The van der Waals surface area contributed by atoms with Crippen LogP contribution in [-0.2, 0) is 20.8 Å². The molecular formula is C18H22N2O5. The maximum Gasteiger partial charge on any atom is 0.410 e. The topological polar surface area (TPSA) is 77.1 Å². The number of ether oxygens (including phenoxy) is 3. The molecular weight excluding hydrogens is 324 g/mol. The minimum Gasteiger partial charge on any atom is -0.447 e. The molecule has 2 aliphatic heterocycles. The number of cyclic esters (lactones) is 1. The summed E-state index contributed by atoms with van der Waals surface area (Å²) in [6, 6.07) is 10.0. The van der Waals surface area contributed by atoms with Crippen molar-refractivity contribution in [2.45, 2.75) is 43.6 Å². The summed E-state index contributed by atoms with van der Waals surface area (Å²) in [6.45, 7) is 3.68. The second kappa shape index (κ2) is 5.91. The first-order valence-corrected chi connectivity index (χ1v) is 8.54. The number of nitrogens with one attached hydrogen (secondary N) is 1. The average Bonchev–Trinajstić information content (AvgIpc) is 2.92. The van der Waals surface area contributed by atoms with E-state index < -0.39 is 17.2 Å². The van der Waals surface area contributed by atoms with Crippen molar-refractivity contribution in [1.82, 2.24) is 10.2 Å². The van der Waals surface area contributed by atoms with Gasteiger partial charge in [0.15, 0.2) is 0 Å². The zero-order valence-corrected chi connectivity index (χ0v) is 14.2. The summed E-state index contributed by atoms with van der Waals surface area (Å²) in [5.41, 5.74) is 0.244. The first-order valence-electron chi connectivity index (χ1n) is 8.54.